The highest BCUT2D eigenvalue weighted by Crippen LogP contribution is 2.23. The molecular weight excluding hydrogens is 298 g/mol. The molecule has 0 radical (unpaired) electrons. The molecule has 0 spiro atoms. The second kappa shape index (κ2) is 6.75. The maximum Gasteiger partial charge on any atom is 0.262 e. The summed E-state index contributed by atoms with van der Waals surface area (Å²) in [6.45, 7) is 6.04. The standard InChI is InChI=1S/C21H21NO2/c1-14-10-15(2)21(16(3)11-14)22-20(23)13-24-19-9-8-17-6-4-5-7-18(17)12-19/h4-12H,13H2,1-3H3,(H,22,23). The van der Waals surface area contributed by atoms with Gasteiger partial charge in [-0.2, -0.15) is 0 Å². The van der Waals surface area contributed by atoms with Gasteiger partial charge in [0.1, 0.15) is 5.75 Å². The first-order chi connectivity index (χ1) is 11.5. The molecule has 3 rings (SSSR count). The molecule has 1 N–H and O–H groups in total. The molecule has 0 atom stereocenters. The molecule has 24 heavy (non-hydrogen) atoms. The van der Waals surface area contributed by atoms with Crippen molar-refractivity contribution in [1.82, 2.24) is 0 Å². The zero-order valence-electron chi connectivity index (χ0n) is 14.2. The smallest absolute Gasteiger partial charge is 0.262 e. The van der Waals surface area contributed by atoms with Gasteiger partial charge in [0.15, 0.2) is 6.61 Å². The van der Waals surface area contributed by atoms with Crippen LogP contribution >= 0.6 is 0 Å². The number of carbonyl (C=O) groups is 1. The van der Waals surface area contributed by atoms with Gasteiger partial charge in [0.05, 0.1) is 0 Å². The molecule has 0 fully saturated rings. The molecule has 3 heteroatoms. The Bertz CT molecular complexity index is 876. The van der Waals surface area contributed by atoms with Crippen molar-refractivity contribution in [3.63, 3.8) is 0 Å². The Balaban J connectivity index is 1.67. The topological polar surface area (TPSA) is 38.3 Å². The van der Waals surface area contributed by atoms with Crippen molar-refractivity contribution in [2.45, 2.75) is 20.8 Å². The number of amides is 1. The number of rotatable bonds is 4. The summed E-state index contributed by atoms with van der Waals surface area (Å²) in [5, 5.41) is 5.20. The maximum atomic E-state index is 12.2. The lowest BCUT2D eigenvalue weighted by Crippen LogP contribution is -2.21. The maximum absolute atomic E-state index is 12.2. The average Bonchev–Trinajstić information content (AvgIpc) is 2.56. The summed E-state index contributed by atoms with van der Waals surface area (Å²) in [6.07, 6.45) is 0. The summed E-state index contributed by atoms with van der Waals surface area (Å²) in [5.74, 6) is 0.541. The highest BCUT2D eigenvalue weighted by Gasteiger charge is 2.09. The number of aryl methyl sites for hydroxylation is 3. The molecule has 0 saturated carbocycles. The Morgan fingerprint density at radius 1 is 0.917 bits per heavy atom. The van der Waals surface area contributed by atoms with Gasteiger partial charge < -0.3 is 10.1 Å². The van der Waals surface area contributed by atoms with E-state index in [-0.39, 0.29) is 12.5 Å². The number of carbonyl (C=O) groups excluding carboxylic acids is 1. The normalized spacial score (nSPS) is 10.6. The van der Waals surface area contributed by atoms with Gasteiger partial charge in [-0.1, -0.05) is 48.0 Å². The van der Waals surface area contributed by atoms with E-state index in [2.05, 4.69) is 30.4 Å². The molecule has 0 aromatic heterocycles. The molecule has 0 heterocycles. The van der Waals surface area contributed by atoms with Gasteiger partial charge in [-0.15, -0.1) is 0 Å². The average molecular weight is 319 g/mol. The van der Waals surface area contributed by atoms with Crippen molar-refractivity contribution < 1.29 is 9.53 Å². The minimum absolute atomic E-state index is 0.00883. The lowest BCUT2D eigenvalue weighted by atomic mass is 10.1. The molecule has 3 aromatic carbocycles. The molecular formula is C21H21NO2. The largest absolute Gasteiger partial charge is 0.484 e. The molecule has 0 bridgehead atoms. The van der Waals surface area contributed by atoms with Crippen LogP contribution in [0.2, 0.25) is 0 Å². The SMILES string of the molecule is Cc1cc(C)c(NC(=O)COc2ccc3ccccc3c2)c(C)c1. The monoisotopic (exact) mass is 319 g/mol. The number of nitrogens with one attached hydrogen (secondary N) is 1. The van der Waals surface area contributed by atoms with E-state index in [0.29, 0.717) is 5.75 Å². The summed E-state index contributed by atoms with van der Waals surface area (Å²) < 4.78 is 5.64. The Morgan fingerprint density at radius 2 is 1.58 bits per heavy atom. The van der Waals surface area contributed by atoms with Crippen LogP contribution in [-0.4, -0.2) is 12.5 Å². The van der Waals surface area contributed by atoms with Crippen LogP contribution in [0.25, 0.3) is 10.8 Å². The van der Waals surface area contributed by atoms with Gasteiger partial charge in [-0.05, 0) is 54.8 Å². The first-order valence-corrected chi connectivity index (χ1v) is 8.02. The number of benzene rings is 3. The first kappa shape index (κ1) is 16.1. The van der Waals surface area contributed by atoms with Crippen molar-refractivity contribution in [1.29, 1.82) is 0 Å². The second-order valence-corrected chi connectivity index (χ2v) is 6.12. The van der Waals surface area contributed by atoms with Gasteiger partial charge in [0, 0.05) is 5.69 Å². The number of hydrogen-bond acceptors (Lipinski definition) is 2. The van der Waals surface area contributed by atoms with Gasteiger partial charge in [-0.25, -0.2) is 0 Å². The Labute approximate surface area is 142 Å². The van der Waals surface area contributed by atoms with Crippen LogP contribution in [0.1, 0.15) is 16.7 Å². The summed E-state index contributed by atoms with van der Waals surface area (Å²) >= 11 is 0. The molecule has 0 aliphatic heterocycles. The van der Waals surface area contributed by atoms with Crippen molar-refractivity contribution in [2.24, 2.45) is 0 Å². The third-order valence-electron chi connectivity index (χ3n) is 4.03. The van der Waals surface area contributed by atoms with Crippen molar-refractivity contribution in [2.75, 3.05) is 11.9 Å². The predicted octanol–water partition coefficient (Wildman–Crippen LogP) is 4.78. The molecule has 0 aliphatic carbocycles. The van der Waals surface area contributed by atoms with Crippen LogP contribution in [0.5, 0.6) is 5.75 Å². The summed E-state index contributed by atoms with van der Waals surface area (Å²) in [5.41, 5.74) is 4.18. The Hall–Kier alpha value is -2.81. The lowest BCUT2D eigenvalue weighted by Gasteiger charge is -2.13. The van der Waals surface area contributed by atoms with E-state index in [4.69, 9.17) is 4.74 Å². The predicted molar refractivity (Wildman–Crippen MR) is 98.7 cm³/mol. The van der Waals surface area contributed by atoms with Crippen LogP contribution in [-0.2, 0) is 4.79 Å². The minimum Gasteiger partial charge on any atom is -0.484 e. The highest BCUT2D eigenvalue weighted by molar-refractivity contribution is 5.93. The van der Waals surface area contributed by atoms with Gasteiger partial charge >= 0.3 is 0 Å². The second-order valence-electron chi connectivity index (χ2n) is 6.12. The van der Waals surface area contributed by atoms with E-state index in [0.717, 1.165) is 27.6 Å². The van der Waals surface area contributed by atoms with Crippen molar-refractivity contribution in [3.05, 3.63) is 71.3 Å². The highest BCUT2D eigenvalue weighted by atomic mass is 16.5. The van der Waals surface area contributed by atoms with Gasteiger partial charge in [0.25, 0.3) is 5.91 Å². The van der Waals surface area contributed by atoms with E-state index in [1.165, 1.54) is 5.56 Å². The summed E-state index contributed by atoms with van der Waals surface area (Å²) in [4.78, 5) is 12.2. The fourth-order valence-corrected chi connectivity index (χ4v) is 2.96. The number of ether oxygens (including phenoxy) is 1. The van der Waals surface area contributed by atoms with Crippen LogP contribution in [0, 0.1) is 20.8 Å². The molecule has 3 nitrogen and oxygen atoms in total. The third kappa shape index (κ3) is 3.57. The zero-order valence-corrected chi connectivity index (χ0v) is 14.2. The third-order valence-corrected chi connectivity index (χ3v) is 4.03. The van der Waals surface area contributed by atoms with E-state index in [1.807, 2.05) is 50.2 Å². The molecule has 3 aromatic rings. The molecule has 0 unspecified atom stereocenters. The number of anilines is 1. The van der Waals surface area contributed by atoms with Crippen molar-refractivity contribution in [3.8, 4) is 5.75 Å². The van der Waals surface area contributed by atoms with E-state index >= 15 is 0 Å². The summed E-state index contributed by atoms with van der Waals surface area (Å²) in [6, 6.07) is 18.0. The quantitative estimate of drug-likeness (QED) is 0.751. The molecule has 0 saturated heterocycles. The van der Waals surface area contributed by atoms with Crippen molar-refractivity contribution >= 4 is 22.4 Å². The number of hydrogen-bond donors (Lipinski definition) is 1. The van der Waals surface area contributed by atoms with Crippen LogP contribution in [0.15, 0.2) is 54.6 Å². The van der Waals surface area contributed by atoms with Gasteiger partial charge in [0.2, 0.25) is 0 Å². The molecule has 122 valence electrons. The zero-order chi connectivity index (χ0) is 17.1. The lowest BCUT2D eigenvalue weighted by molar-refractivity contribution is -0.118. The van der Waals surface area contributed by atoms with Crippen LogP contribution in [0.4, 0.5) is 5.69 Å². The fraction of sp³-hybridized carbons (Fsp3) is 0.190. The minimum atomic E-state index is -0.154. The Kier molecular flexibility index (Phi) is 4.52. The fourth-order valence-electron chi connectivity index (χ4n) is 2.96. The first-order valence-electron chi connectivity index (χ1n) is 8.02. The Morgan fingerprint density at radius 3 is 2.29 bits per heavy atom. The van der Waals surface area contributed by atoms with Crippen LogP contribution < -0.4 is 10.1 Å². The number of fused-ring (bicyclic) bond motifs is 1. The summed E-state index contributed by atoms with van der Waals surface area (Å²) in [7, 11) is 0. The molecule has 1 amide bonds. The van der Waals surface area contributed by atoms with Crippen LogP contribution in [0.3, 0.4) is 0 Å². The molecule has 0 aliphatic rings. The van der Waals surface area contributed by atoms with E-state index in [1.54, 1.807) is 0 Å². The van der Waals surface area contributed by atoms with E-state index < -0.39 is 0 Å². The van der Waals surface area contributed by atoms with E-state index in [9.17, 15) is 4.79 Å². The van der Waals surface area contributed by atoms with Gasteiger partial charge in [-0.3, -0.25) is 4.79 Å².